The average molecular weight is 475 g/mol. The van der Waals surface area contributed by atoms with Crippen LogP contribution in [0.2, 0.25) is 10.0 Å². The van der Waals surface area contributed by atoms with Gasteiger partial charge in [0.1, 0.15) is 5.65 Å². The maximum Gasteiger partial charge on any atom is 0.471 e. The molecule has 0 saturated heterocycles. The molecule has 0 fully saturated rings. The summed E-state index contributed by atoms with van der Waals surface area (Å²) in [5, 5.41) is 14.7. The van der Waals surface area contributed by atoms with Crippen molar-refractivity contribution in [2.24, 2.45) is 0 Å². The minimum Gasteiger partial charge on any atom is -0.501 e. The molecule has 0 radical (unpaired) electrons. The van der Waals surface area contributed by atoms with E-state index in [4.69, 9.17) is 23.2 Å². The predicted molar refractivity (Wildman–Crippen MR) is 105 cm³/mol. The van der Waals surface area contributed by atoms with Crippen LogP contribution in [-0.2, 0) is 11.3 Å². The van der Waals surface area contributed by atoms with E-state index in [0.717, 1.165) is 18.3 Å². The molecule has 0 saturated carbocycles. The molecule has 0 aliphatic rings. The minimum atomic E-state index is -5.13. The van der Waals surface area contributed by atoms with Gasteiger partial charge < -0.3 is 15.7 Å². The number of anilines is 1. The van der Waals surface area contributed by atoms with Crippen molar-refractivity contribution in [3.8, 4) is 5.75 Å². The number of fused-ring (bicyclic) bond motifs is 1. The fraction of sp³-hybridized carbons (Fsp3) is 0.111. The van der Waals surface area contributed by atoms with Gasteiger partial charge in [0, 0.05) is 12.7 Å². The Hall–Kier alpha value is -3.31. The molecule has 2 amide bonds. The molecule has 0 unspecified atom stereocenters. The van der Waals surface area contributed by atoms with E-state index in [0.29, 0.717) is 15.0 Å². The first kappa shape index (κ1) is 22.4. The van der Waals surface area contributed by atoms with Crippen molar-refractivity contribution in [1.29, 1.82) is 0 Å². The number of nitrogens with zero attached hydrogens (tertiary/aromatic N) is 2. The van der Waals surface area contributed by atoms with E-state index in [1.54, 1.807) is 11.4 Å². The van der Waals surface area contributed by atoms with Gasteiger partial charge in [-0.25, -0.2) is 4.98 Å². The molecule has 0 aliphatic carbocycles. The van der Waals surface area contributed by atoms with E-state index >= 15 is 0 Å². The summed E-state index contributed by atoms with van der Waals surface area (Å²) in [7, 11) is 0. The van der Waals surface area contributed by atoms with Crippen LogP contribution >= 0.6 is 23.2 Å². The van der Waals surface area contributed by atoms with Gasteiger partial charge in [-0.2, -0.15) is 13.2 Å². The molecule has 2 heterocycles. The number of alkyl halides is 3. The number of nitrogens with one attached hydrogen (secondary N) is 2. The molecule has 3 aromatic rings. The SMILES string of the molecule is O=C(NCc1ccc(Cl)c(Cl)c1)c1nc2ccc(NC(=O)C(F)(F)F)cn2c(=O)c1O. The van der Waals surface area contributed by atoms with Crippen molar-refractivity contribution in [1.82, 2.24) is 14.7 Å². The van der Waals surface area contributed by atoms with Crippen LogP contribution in [0.5, 0.6) is 5.75 Å². The molecule has 31 heavy (non-hydrogen) atoms. The molecule has 0 spiro atoms. The molecular weight excluding hydrogens is 464 g/mol. The number of carbonyl (C=O) groups is 2. The summed E-state index contributed by atoms with van der Waals surface area (Å²) >= 11 is 11.7. The Bertz CT molecular complexity index is 1260. The highest BCUT2D eigenvalue weighted by Gasteiger charge is 2.38. The van der Waals surface area contributed by atoms with E-state index in [9.17, 15) is 32.7 Å². The topological polar surface area (TPSA) is 113 Å². The number of amides is 2. The third-order valence-corrected chi connectivity index (χ3v) is 4.71. The Kier molecular flexibility index (Phi) is 6.09. The lowest BCUT2D eigenvalue weighted by Crippen LogP contribution is -2.30. The number of carbonyl (C=O) groups excluding carboxylic acids is 2. The highest BCUT2D eigenvalue weighted by Crippen LogP contribution is 2.23. The quantitative estimate of drug-likeness (QED) is 0.537. The average Bonchev–Trinajstić information content (AvgIpc) is 2.71. The molecular formula is C18H11Cl2F3N4O4. The largest absolute Gasteiger partial charge is 0.501 e. The number of rotatable bonds is 4. The molecule has 8 nitrogen and oxygen atoms in total. The standard InChI is InChI=1S/C18H11Cl2F3N4O4/c19-10-3-1-8(5-11(10)20)6-24-15(29)13-14(28)16(30)27-7-9(2-4-12(27)26-13)25-17(31)18(21,22)23/h1-5,7,28H,6H2,(H,24,29)(H,25,31). The van der Waals surface area contributed by atoms with Gasteiger partial charge in [0.05, 0.1) is 15.7 Å². The highest BCUT2D eigenvalue weighted by molar-refractivity contribution is 6.42. The van der Waals surface area contributed by atoms with Gasteiger partial charge in [0.2, 0.25) is 5.75 Å². The van der Waals surface area contributed by atoms with Crippen LogP contribution < -0.4 is 16.2 Å². The summed E-state index contributed by atoms with van der Waals surface area (Å²) in [6.45, 7) is -0.0153. The van der Waals surface area contributed by atoms with Crippen molar-refractivity contribution in [3.05, 3.63) is 68.2 Å². The van der Waals surface area contributed by atoms with Crippen LogP contribution in [0.4, 0.5) is 18.9 Å². The molecule has 3 rings (SSSR count). The lowest BCUT2D eigenvalue weighted by Gasteiger charge is -2.11. The second-order valence-corrected chi connectivity index (χ2v) is 6.96. The van der Waals surface area contributed by atoms with Crippen LogP contribution in [0.25, 0.3) is 5.65 Å². The van der Waals surface area contributed by atoms with Crippen molar-refractivity contribution >= 4 is 46.4 Å². The Morgan fingerprint density at radius 2 is 1.84 bits per heavy atom. The van der Waals surface area contributed by atoms with Crippen molar-refractivity contribution < 1.29 is 27.9 Å². The second kappa shape index (κ2) is 8.44. The first-order valence-electron chi connectivity index (χ1n) is 8.33. The first-order chi connectivity index (χ1) is 14.5. The third-order valence-electron chi connectivity index (χ3n) is 3.97. The molecule has 0 aliphatic heterocycles. The Morgan fingerprint density at radius 1 is 1.13 bits per heavy atom. The van der Waals surface area contributed by atoms with E-state index in [1.807, 2.05) is 0 Å². The zero-order valence-corrected chi connectivity index (χ0v) is 16.6. The fourth-order valence-electron chi connectivity index (χ4n) is 2.48. The fourth-order valence-corrected chi connectivity index (χ4v) is 2.80. The lowest BCUT2D eigenvalue weighted by molar-refractivity contribution is -0.167. The van der Waals surface area contributed by atoms with Gasteiger partial charge in [-0.05, 0) is 29.8 Å². The molecule has 2 aromatic heterocycles. The van der Waals surface area contributed by atoms with Gasteiger partial charge in [-0.15, -0.1) is 0 Å². The lowest BCUT2D eigenvalue weighted by atomic mass is 10.2. The number of hydrogen-bond donors (Lipinski definition) is 3. The maximum atomic E-state index is 12.4. The molecule has 13 heteroatoms. The third kappa shape index (κ3) is 4.89. The molecule has 0 bridgehead atoms. The molecule has 162 valence electrons. The number of pyridine rings is 1. The normalized spacial score (nSPS) is 11.4. The predicted octanol–water partition coefficient (Wildman–Crippen LogP) is 3.14. The van der Waals surface area contributed by atoms with Crippen LogP contribution in [0.15, 0.2) is 41.3 Å². The van der Waals surface area contributed by atoms with Gasteiger partial charge in [-0.1, -0.05) is 29.3 Å². The number of aromatic hydroxyl groups is 1. The van der Waals surface area contributed by atoms with Crippen LogP contribution in [0, 0.1) is 0 Å². The Labute approximate surface area is 181 Å². The zero-order valence-electron chi connectivity index (χ0n) is 15.1. The van der Waals surface area contributed by atoms with E-state index in [2.05, 4.69) is 10.3 Å². The summed E-state index contributed by atoms with van der Waals surface area (Å²) in [5.74, 6) is -4.14. The van der Waals surface area contributed by atoms with Gasteiger partial charge in [0.15, 0.2) is 5.69 Å². The van der Waals surface area contributed by atoms with E-state index in [-0.39, 0.29) is 22.9 Å². The maximum absolute atomic E-state index is 12.4. The summed E-state index contributed by atoms with van der Waals surface area (Å²) in [6, 6.07) is 6.80. The zero-order chi connectivity index (χ0) is 22.9. The van der Waals surface area contributed by atoms with Gasteiger partial charge in [0.25, 0.3) is 5.91 Å². The van der Waals surface area contributed by atoms with Crippen LogP contribution in [0.3, 0.4) is 0 Å². The molecule has 0 atom stereocenters. The highest BCUT2D eigenvalue weighted by atomic mass is 35.5. The number of aromatic nitrogens is 2. The van der Waals surface area contributed by atoms with Crippen molar-refractivity contribution in [3.63, 3.8) is 0 Å². The second-order valence-electron chi connectivity index (χ2n) is 6.14. The van der Waals surface area contributed by atoms with Gasteiger partial charge in [-0.3, -0.25) is 18.8 Å². The molecule has 1 aromatic carbocycles. The number of hydrogen-bond acceptors (Lipinski definition) is 5. The first-order valence-corrected chi connectivity index (χ1v) is 9.08. The van der Waals surface area contributed by atoms with Crippen molar-refractivity contribution in [2.75, 3.05) is 5.32 Å². The van der Waals surface area contributed by atoms with E-state index < -0.39 is 35.0 Å². The summed E-state index contributed by atoms with van der Waals surface area (Å²) in [4.78, 5) is 39.7. The number of benzene rings is 1. The monoisotopic (exact) mass is 474 g/mol. The summed E-state index contributed by atoms with van der Waals surface area (Å²) < 4.78 is 37.8. The van der Waals surface area contributed by atoms with E-state index in [1.165, 1.54) is 12.1 Å². The molecule has 3 N–H and O–H groups in total. The number of halogens is 5. The van der Waals surface area contributed by atoms with Crippen LogP contribution in [0.1, 0.15) is 16.1 Å². The Morgan fingerprint density at radius 3 is 2.48 bits per heavy atom. The Balaban J connectivity index is 1.86. The summed E-state index contributed by atoms with van der Waals surface area (Å²) in [6.07, 6.45) is -4.29. The smallest absolute Gasteiger partial charge is 0.471 e. The van der Waals surface area contributed by atoms with Crippen LogP contribution in [-0.4, -0.2) is 32.5 Å². The van der Waals surface area contributed by atoms with Gasteiger partial charge >= 0.3 is 17.6 Å². The van der Waals surface area contributed by atoms with Crippen molar-refractivity contribution in [2.45, 2.75) is 12.7 Å². The summed E-state index contributed by atoms with van der Waals surface area (Å²) in [5.41, 5.74) is -1.63. The minimum absolute atomic E-state index is 0.0153.